The summed E-state index contributed by atoms with van der Waals surface area (Å²) < 4.78 is 0. The topological polar surface area (TPSA) is 42.7 Å². The largest absolute Gasteiger partial charge is 0.334 e. The van der Waals surface area contributed by atoms with Gasteiger partial charge in [-0.3, -0.25) is 5.41 Å². The minimum absolute atomic E-state index is 0.487. The number of nitrogens with one attached hydrogen (secondary N) is 1. The van der Waals surface area contributed by atoms with Crippen molar-refractivity contribution in [2.45, 2.75) is 24.7 Å². The maximum atomic E-state index is 8.79. The third kappa shape index (κ3) is 2.23. The van der Waals surface area contributed by atoms with Crippen molar-refractivity contribution in [3.63, 3.8) is 0 Å². The summed E-state index contributed by atoms with van der Waals surface area (Å²) in [4.78, 5) is 3.64. The Bertz CT molecular complexity index is 942. The summed E-state index contributed by atoms with van der Waals surface area (Å²) in [5.74, 6) is 0.487. The lowest BCUT2D eigenvalue weighted by molar-refractivity contribution is 0.844. The zero-order valence-electron chi connectivity index (χ0n) is 14.0. The zero-order valence-corrected chi connectivity index (χ0v) is 14.8. The Morgan fingerprint density at radius 3 is 2.72 bits per heavy atom. The van der Waals surface area contributed by atoms with Crippen molar-refractivity contribution in [1.29, 1.82) is 5.41 Å². The molecule has 0 aliphatic carbocycles. The Balaban J connectivity index is 1.61. The zero-order chi connectivity index (χ0) is 17.0. The molecule has 0 spiro atoms. The number of hydrogen-bond acceptors (Lipinski definition) is 4. The molecule has 124 valence electrons. The smallest absolute Gasteiger partial charge is 0.158 e. The number of amidine groups is 1. The Morgan fingerprint density at radius 2 is 1.88 bits per heavy atom. The van der Waals surface area contributed by atoms with E-state index >= 15 is 0 Å². The SMILES string of the molecule is Cc1ccc(N2N=C3CCCN4C(=C3C2=N)Sc2ccccc24)cc1. The molecule has 4 nitrogen and oxygen atoms in total. The van der Waals surface area contributed by atoms with Gasteiger partial charge in [-0.2, -0.15) is 5.10 Å². The first kappa shape index (κ1) is 14.8. The number of thioether (sulfide) groups is 1. The van der Waals surface area contributed by atoms with Crippen LogP contribution in [0.3, 0.4) is 0 Å². The fraction of sp³-hybridized carbons (Fsp3) is 0.200. The van der Waals surface area contributed by atoms with Crippen molar-refractivity contribution < 1.29 is 0 Å². The Labute approximate surface area is 151 Å². The molecule has 25 heavy (non-hydrogen) atoms. The lowest BCUT2D eigenvalue weighted by Crippen LogP contribution is -2.24. The second-order valence-electron chi connectivity index (χ2n) is 6.55. The van der Waals surface area contributed by atoms with Crippen molar-refractivity contribution in [1.82, 2.24) is 0 Å². The predicted molar refractivity (Wildman–Crippen MR) is 105 cm³/mol. The van der Waals surface area contributed by atoms with Gasteiger partial charge in [-0.1, -0.05) is 41.6 Å². The number of anilines is 2. The van der Waals surface area contributed by atoms with Crippen molar-refractivity contribution in [3.05, 3.63) is 64.7 Å². The van der Waals surface area contributed by atoms with Gasteiger partial charge in [-0.05, 0) is 44.0 Å². The molecule has 3 heterocycles. The van der Waals surface area contributed by atoms with Gasteiger partial charge >= 0.3 is 0 Å². The fourth-order valence-corrected chi connectivity index (χ4v) is 4.84. The summed E-state index contributed by atoms with van der Waals surface area (Å²) in [6.07, 6.45) is 1.97. The summed E-state index contributed by atoms with van der Waals surface area (Å²) in [5.41, 5.74) is 5.48. The molecule has 5 heteroatoms. The van der Waals surface area contributed by atoms with E-state index in [-0.39, 0.29) is 0 Å². The van der Waals surface area contributed by atoms with Crippen LogP contribution in [-0.2, 0) is 0 Å². The molecule has 1 N–H and O–H groups in total. The van der Waals surface area contributed by atoms with Gasteiger partial charge < -0.3 is 4.90 Å². The van der Waals surface area contributed by atoms with Crippen LogP contribution in [0, 0.1) is 12.3 Å². The average Bonchev–Trinajstić information content (AvgIpc) is 3.08. The van der Waals surface area contributed by atoms with Crippen LogP contribution >= 0.6 is 11.8 Å². The first-order valence-electron chi connectivity index (χ1n) is 8.54. The molecule has 5 rings (SSSR count). The van der Waals surface area contributed by atoms with Crippen LogP contribution in [0.4, 0.5) is 11.4 Å². The first-order valence-corrected chi connectivity index (χ1v) is 9.36. The molecule has 0 aromatic heterocycles. The van der Waals surface area contributed by atoms with Gasteiger partial charge in [0, 0.05) is 11.4 Å². The molecular formula is C20H18N4S. The van der Waals surface area contributed by atoms with Gasteiger partial charge in [0.1, 0.15) is 0 Å². The minimum atomic E-state index is 0.487. The van der Waals surface area contributed by atoms with Crippen molar-refractivity contribution in [2.24, 2.45) is 5.10 Å². The Morgan fingerprint density at radius 1 is 1.08 bits per heavy atom. The van der Waals surface area contributed by atoms with E-state index in [0.29, 0.717) is 5.84 Å². The molecule has 0 saturated heterocycles. The highest BCUT2D eigenvalue weighted by molar-refractivity contribution is 8.03. The minimum Gasteiger partial charge on any atom is -0.334 e. The molecule has 0 bridgehead atoms. The highest BCUT2D eigenvalue weighted by atomic mass is 32.2. The van der Waals surface area contributed by atoms with E-state index in [1.54, 1.807) is 16.8 Å². The molecule has 0 unspecified atom stereocenters. The number of fused-ring (bicyclic) bond motifs is 4. The molecule has 0 fully saturated rings. The van der Waals surface area contributed by atoms with E-state index in [0.717, 1.165) is 41.4 Å². The van der Waals surface area contributed by atoms with Crippen LogP contribution in [0.5, 0.6) is 0 Å². The van der Waals surface area contributed by atoms with Gasteiger partial charge in [0.05, 0.1) is 27.7 Å². The van der Waals surface area contributed by atoms with Crippen LogP contribution < -0.4 is 9.91 Å². The normalized spacial score (nSPS) is 18.8. The third-order valence-electron chi connectivity index (χ3n) is 4.85. The number of nitrogens with zero attached hydrogens (tertiary/aromatic N) is 3. The second-order valence-corrected chi connectivity index (χ2v) is 7.58. The van der Waals surface area contributed by atoms with E-state index in [9.17, 15) is 0 Å². The number of rotatable bonds is 1. The summed E-state index contributed by atoms with van der Waals surface area (Å²) >= 11 is 1.77. The van der Waals surface area contributed by atoms with Crippen LogP contribution in [0.2, 0.25) is 0 Å². The second kappa shape index (κ2) is 5.49. The summed E-state index contributed by atoms with van der Waals surface area (Å²) in [5, 5.41) is 16.5. The molecule has 0 amide bonds. The molecule has 0 saturated carbocycles. The van der Waals surface area contributed by atoms with Gasteiger partial charge in [-0.25, -0.2) is 5.01 Å². The van der Waals surface area contributed by atoms with E-state index in [1.807, 2.05) is 12.1 Å². The molecule has 3 aliphatic rings. The highest BCUT2D eigenvalue weighted by Crippen LogP contribution is 2.49. The summed E-state index contributed by atoms with van der Waals surface area (Å²) in [6, 6.07) is 16.7. The lowest BCUT2D eigenvalue weighted by Gasteiger charge is -2.20. The number of aryl methyl sites for hydroxylation is 1. The van der Waals surface area contributed by atoms with Gasteiger partial charge in [0.2, 0.25) is 0 Å². The van der Waals surface area contributed by atoms with Gasteiger partial charge in [-0.15, -0.1) is 0 Å². The molecule has 0 atom stereocenters. The van der Waals surface area contributed by atoms with Gasteiger partial charge in [0.25, 0.3) is 0 Å². The summed E-state index contributed by atoms with van der Waals surface area (Å²) in [6.45, 7) is 3.06. The molecule has 2 aromatic rings. The van der Waals surface area contributed by atoms with Crippen LogP contribution in [0.15, 0.2) is 69.1 Å². The third-order valence-corrected chi connectivity index (χ3v) is 6.04. The van der Waals surface area contributed by atoms with Crippen molar-refractivity contribution in [2.75, 3.05) is 16.5 Å². The molecule has 0 radical (unpaired) electrons. The van der Waals surface area contributed by atoms with Crippen LogP contribution in [-0.4, -0.2) is 18.1 Å². The molecular weight excluding hydrogens is 328 g/mol. The predicted octanol–water partition coefficient (Wildman–Crippen LogP) is 4.77. The fourth-order valence-electron chi connectivity index (χ4n) is 3.58. The van der Waals surface area contributed by atoms with E-state index in [2.05, 4.69) is 48.2 Å². The number of hydrazone groups is 1. The van der Waals surface area contributed by atoms with Crippen LogP contribution in [0.25, 0.3) is 0 Å². The number of hydrogen-bond donors (Lipinski definition) is 1. The maximum absolute atomic E-state index is 8.79. The van der Waals surface area contributed by atoms with Crippen molar-refractivity contribution in [3.8, 4) is 0 Å². The number of para-hydroxylation sites is 1. The average molecular weight is 346 g/mol. The van der Waals surface area contributed by atoms with Gasteiger partial charge in [0.15, 0.2) is 5.84 Å². The van der Waals surface area contributed by atoms with E-state index in [4.69, 9.17) is 10.5 Å². The standard InChI is InChI=1S/C20H18N4S/c1-13-8-10-14(11-9-13)24-19(21)18-15(22-24)5-4-12-23-16-6-2-3-7-17(16)25-20(18)23/h2-3,6-11,21H,4-5,12H2,1H3. The quantitative estimate of drug-likeness (QED) is 0.809. The number of benzene rings is 2. The van der Waals surface area contributed by atoms with E-state index < -0.39 is 0 Å². The maximum Gasteiger partial charge on any atom is 0.158 e. The monoisotopic (exact) mass is 346 g/mol. The van der Waals surface area contributed by atoms with Crippen molar-refractivity contribution >= 4 is 34.7 Å². The molecule has 2 aromatic carbocycles. The lowest BCUT2D eigenvalue weighted by atomic mass is 10.1. The summed E-state index contributed by atoms with van der Waals surface area (Å²) in [7, 11) is 0. The Kier molecular flexibility index (Phi) is 3.25. The van der Waals surface area contributed by atoms with Crippen LogP contribution in [0.1, 0.15) is 18.4 Å². The first-order chi connectivity index (χ1) is 12.2. The highest BCUT2D eigenvalue weighted by Gasteiger charge is 2.38. The molecule has 3 aliphatic heterocycles. The van der Waals surface area contributed by atoms with E-state index in [1.165, 1.54) is 16.1 Å². The Hall–Kier alpha value is -2.53.